The van der Waals surface area contributed by atoms with Gasteiger partial charge in [0.1, 0.15) is 11.7 Å². The van der Waals surface area contributed by atoms with Crippen LogP contribution in [0, 0.1) is 6.92 Å². The predicted octanol–water partition coefficient (Wildman–Crippen LogP) is 3.64. The first kappa shape index (κ1) is 23.7. The molecule has 2 heterocycles. The van der Waals surface area contributed by atoms with Crippen molar-refractivity contribution < 1.29 is 23.1 Å². The first-order valence-corrected chi connectivity index (χ1v) is 11.1. The molecule has 12 heteroatoms. The summed E-state index contributed by atoms with van der Waals surface area (Å²) in [6.45, 7) is -1.09. The number of alkyl halides is 2. The van der Waals surface area contributed by atoms with Gasteiger partial charge in [0.15, 0.2) is 0 Å². The Morgan fingerprint density at radius 1 is 1.18 bits per heavy atom. The van der Waals surface area contributed by atoms with Gasteiger partial charge in [0.2, 0.25) is 5.88 Å². The normalized spacial score (nSPS) is 18.1. The van der Waals surface area contributed by atoms with E-state index in [1.165, 1.54) is 6.20 Å². The summed E-state index contributed by atoms with van der Waals surface area (Å²) in [7, 11) is 0. The second-order valence-electron chi connectivity index (χ2n) is 8.07. The Kier molecular flexibility index (Phi) is 6.82. The van der Waals surface area contributed by atoms with E-state index in [1.54, 1.807) is 16.8 Å². The third-order valence-corrected chi connectivity index (χ3v) is 6.03. The highest BCUT2D eigenvalue weighted by Crippen LogP contribution is 2.27. The summed E-state index contributed by atoms with van der Waals surface area (Å²) in [5.74, 6) is -1.32. The van der Waals surface area contributed by atoms with E-state index in [4.69, 9.17) is 22.1 Å². The molecule has 0 aliphatic heterocycles. The molecule has 34 heavy (non-hydrogen) atoms. The summed E-state index contributed by atoms with van der Waals surface area (Å²) in [5, 5.41) is 11.6. The van der Waals surface area contributed by atoms with Crippen LogP contribution in [0.2, 0.25) is 5.02 Å². The zero-order chi connectivity index (χ0) is 24.4. The van der Waals surface area contributed by atoms with Gasteiger partial charge in [-0.05, 0) is 56.9 Å². The van der Waals surface area contributed by atoms with Crippen molar-refractivity contribution in [3.05, 3.63) is 58.5 Å². The van der Waals surface area contributed by atoms with E-state index in [0.29, 0.717) is 46.6 Å². The van der Waals surface area contributed by atoms with Gasteiger partial charge in [-0.25, -0.2) is 9.36 Å². The first-order valence-electron chi connectivity index (χ1n) is 10.7. The molecule has 9 nitrogen and oxygen atoms in total. The average Bonchev–Trinajstić information content (AvgIpc) is 3.40. The zero-order valence-corrected chi connectivity index (χ0v) is 19.0. The lowest BCUT2D eigenvalue weighted by Gasteiger charge is -2.29. The molecule has 0 spiro atoms. The molecular formula is C22H23ClF2N6O3. The van der Waals surface area contributed by atoms with Crippen LogP contribution < -0.4 is 15.8 Å². The highest BCUT2D eigenvalue weighted by Gasteiger charge is 2.28. The SMILES string of the molecule is Cc1c(C(=O)NC2CCC(Oc3nn(C(F)F)cc3C(N)=O)CC2)cnn1-c1ccc(Cl)cc1. The topological polar surface area (TPSA) is 117 Å². The highest BCUT2D eigenvalue weighted by molar-refractivity contribution is 6.30. The van der Waals surface area contributed by atoms with Crippen molar-refractivity contribution >= 4 is 23.4 Å². The van der Waals surface area contributed by atoms with Crippen LogP contribution >= 0.6 is 11.6 Å². The van der Waals surface area contributed by atoms with Crippen LogP contribution in [0.1, 0.15) is 58.6 Å². The predicted molar refractivity (Wildman–Crippen MR) is 119 cm³/mol. The van der Waals surface area contributed by atoms with Crippen molar-refractivity contribution in [2.24, 2.45) is 5.73 Å². The number of nitrogens with zero attached hydrogens (tertiary/aromatic N) is 4. The van der Waals surface area contributed by atoms with E-state index in [2.05, 4.69) is 15.5 Å². The maximum atomic E-state index is 12.9. The third-order valence-electron chi connectivity index (χ3n) is 5.78. The van der Waals surface area contributed by atoms with Crippen molar-refractivity contribution in [2.45, 2.75) is 51.3 Å². The van der Waals surface area contributed by atoms with E-state index in [-0.39, 0.29) is 29.5 Å². The number of hydrogen-bond acceptors (Lipinski definition) is 5. The van der Waals surface area contributed by atoms with Gasteiger partial charge in [0.25, 0.3) is 11.8 Å². The third kappa shape index (κ3) is 5.04. The molecular weight excluding hydrogens is 470 g/mol. The molecule has 0 radical (unpaired) electrons. The van der Waals surface area contributed by atoms with Crippen molar-refractivity contribution in [1.29, 1.82) is 0 Å². The van der Waals surface area contributed by atoms with E-state index < -0.39 is 12.5 Å². The number of nitrogens with one attached hydrogen (secondary N) is 1. The Morgan fingerprint density at radius 3 is 2.47 bits per heavy atom. The molecule has 3 N–H and O–H groups in total. The van der Waals surface area contributed by atoms with Crippen LogP contribution in [0.3, 0.4) is 0 Å². The summed E-state index contributed by atoms with van der Waals surface area (Å²) in [5.41, 5.74) is 7.02. The molecule has 180 valence electrons. The minimum Gasteiger partial charge on any atom is -0.473 e. The van der Waals surface area contributed by atoms with Crippen LogP contribution in [0.5, 0.6) is 5.88 Å². The number of halogens is 3. The molecule has 1 saturated carbocycles. The Morgan fingerprint density at radius 2 is 1.85 bits per heavy atom. The molecule has 1 fully saturated rings. The van der Waals surface area contributed by atoms with E-state index in [0.717, 1.165) is 11.9 Å². The van der Waals surface area contributed by atoms with Crippen LogP contribution in [0.4, 0.5) is 8.78 Å². The standard InChI is InChI=1S/C22H23ClF2N6O3/c1-12-17(10-27-31(12)15-6-2-13(23)3-7-15)20(33)28-14-4-8-16(9-5-14)34-21-18(19(26)32)11-30(29-21)22(24)25/h2-3,6-7,10-11,14,16,22H,4-5,8-9H2,1H3,(H2,26,32)(H,28,33). The summed E-state index contributed by atoms with van der Waals surface area (Å²) in [6, 6.07) is 7.06. The second kappa shape index (κ2) is 9.80. The second-order valence-corrected chi connectivity index (χ2v) is 8.50. The average molecular weight is 493 g/mol. The van der Waals surface area contributed by atoms with Gasteiger partial charge in [-0.2, -0.15) is 13.9 Å². The summed E-state index contributed by atoms with van der Waals surface area (Å²) < 4.78 is 33.5. The van der Waals surface area contributed by atoms with Gasteiger partial charge < -0.3 is 15.8 Å². The highest BCUT2D eigenvalue weighted by atomic mass is 35.5. The van der Waals surface area contributed by atoms with Crippen molar-refractivity contribution in [3.8, 4) is 11.6 Å². The molecule has 0 unspecified atom stereocenters. The van der Waals surface area contributed by atoms with E-state index in [9.17, 15) is 18.4 Å². The largest absolute Gasteiger partial charge is 0.473 e. The number of amides is 2. The lowest BCUT2D eigenvalue weighted by Crippen LogP contribution is -2.40. The molecule has 3 aromatic rings. The van der Waals surface area contributed by atoms with Crippen molar-refractivity contribution in [1.82, 2.24) is 24.9 Å². The van der Waals surface area contributed by atoms with Crippen LogP contribution in [0.25, 0.3) is 5.69 Å². The van der Waals surface area contributed by atoms with Gasteiger partial charge in [-0.15, -0.1) is 5.10 Å². The number of nitrogens with two attached hydrogens (primary N) is 1. The number of carbonyl (C=O) groups excluding carboxylic acids is 2. The van der Waals surface area contributed by atoms with E-state index >= 15 is 0 Å². The molecule has 1 aromatic carbocycles. The Bertz CT molecular complexity index is 1190. The molecule has 1 aliphatic rings. The van der Waals surface area contributed by atoms with Crippen LogP contribution in [-0.4, -0.2) is 43.5 Å². The fourth-order valence-corrected chi connectivity index (χ4v) is 4.08. The lowest BCUT2D eigenvalue weighted by atomic mass is 9.92. The van der Waals surface area contributed by atoms with Gasteiger partial charge in [0.05, 0.1) is 23.1 Å². The van der Waals surface area contributed by atoms with Gasteiger partial charge >= 0.3 is 6.55 Å². The number of benzene rings is 1. The van der Waals surface area contributed by atoms with Crippen molar-refractivity contribution in [2.75, 3.05) is 0 Å². The quantitative estimate of drug-likeness (QED) is 0.522. The molecule has 0 saturated heterocycles. The minimum atomic E-state index is -2.91. The summed E-state index contributed by atoms with van der Waals surface area (Å²) >= 11 is 5.94. The van der Waals surface area contributed by atoms with Gasteiger partial charge in [0, 0.05) is 17.3 Å². The van der Waals surface area contributed by atoms with Gasteiger partial charge in [-0.3, -0.25) is 9.59 Å². The zero-order valence-electron chi connectivity index (χ0n) is 18.2. The van der Waals surface area contributed by atoms with Crippen molar-refractivity contribution in [3.63, 3.8) is 0 Å². The first-order chi connectivity index (χ1) is 16.2. The Labute approximate surface area is 198 Å². The Hall–Kier alpha value is -3.47. The number of primary amides is 1. The lowest BCUT2D eigenvalue weighted by molar-refractivity contribution is 0.0528. The molecule has 4 rings (SSSR count). The van der Waals surface area contributed by atoms with Crippen LogP contribution in [-0.2, 0) is 0 Å². The number of rotatable bonds is 7. The number of aromatic nitrogens is 4. The number of hydrogen-bond donors (Lipinski definition) is 2. The maximum Gasteiger partial charge on any atom is 0.333 e. The summed E-state index contributed by atoms with van der Waals surface area (Å²) in [6.07, 6.45) is 4.40. The molecule has 2 amide bonds. The molecule has 1 aliphatic carbocycles. The number of ether oxygens (including phenoxy) is 1. The monoisotopic (exact) mass is 492 g/mol. The van der Waals surface area contributed by atoms with Crippen LogP contribution in [0.15, 0.2) is 36.7 Å². The fraction of sp³-hybridized carbons (Fsp3) is 0.364. The Balaban J connectivity index is 1.35. The smallest absolute Gasteiger partial charge is 0.333 e. The fourth-order valence-electron chi connectivity index (χ4n) is 3.95. The van der Waals surface area contributed by atoms with E-state index in [1.807, 2.05) is 19.1 Å². The summed E-state index contributed by atoms with van der Waals surface area (Å²) in [4.78, 5) is 24.4. The molecule has 0 atom stereocenters. The minimum absolute atomic E-state index is 0.0835. The molecule has 2 aromatic heterocycles. The molecule has 0 bridgehead atoms. The maximum absolute atomic E-state index is 12.9. The number of carbonyl (C=O) groups is 2. The van der Waals surface area contributed by atoms with Gasteiger partial charge in [-0.1, -0.05) is 11.6 Å².